The van der Waals surface area contributed by atoms with E-state index >= 15 is 0 Å². The van der Waals surface area contributed by atoms with Crippen LogP contribution in [0.5, 0.6) is 0 Å². The third kappa shape index (κ3) is 4.60. The Labute approximate surface area is 143 Å². The van der Waals surface area contributed by atoms with Crippen LogP contribution >= 0.6 is 35.0 Å². The van der Waals surface area contributed by atoms with Crippen LogP contribution in [0.4, 0.5) is 5.69 Å². The molecule has 1 N–H and O–H groups in total. The summed E-state index contributed by atoms with van der Waals surface area (Å²) in [6.45, 7) is 5.61. The minimum atomic E-state index is -0.337. The molecule has 4 nitrogen and oxygen atoms in total. The van der Waals surface area contributed by atoms with E-state index < -0.39 is 0 Å². The Morgan fingerprint density at radius 2 is 1.77 bits per heavy atom. The van der Waals surface area contributed by atoms with Gasteiger partial charge < -0.3 is 5.32 Å². The first-order valence-electron chi connectivity index (χ1n) is 6.60. The molecule has 0 fully saturated rings. The number of carbonyl (C=O) groups is 1. The molecular weight excluding hydrogens is 341 g/mol. The fourth-order valence-electron chi connectivity index (χ4n) is 1.78. The van der Waals surface area contributed by atoms with Gasteiger partial charge in [-0.25, -0.2) is 9.97 Å². The SMILES string of the molecule is Cc1cc(C)nc(S[C@H](C)C(=O)Nc2ccc(Cl)c(Cl)c2)n1. The summed E-state index contributed by atoms with van der Waals surface area (Å²) in [4.78, 5) is 20.9. The highest BCUT2D eigenvalue weighted by molar-refractivity contribution is 8.00. The largest absolute Gasteiger partial charge is 0.325 e. The van der Waals surface area contributed by atoms with Crippen molar-refractivity contribution in [1.82, 2.24) is 9.97 Å². The number of carbonyl (C=O) groups excluding carboxylic acids is 1. The van der Waals surface area contributed by atoms with Gasteiger partial charge in [0.2, 0.25) is 5.91 Å². The second-order valence-corrected chi connectivity index (χ2v) is 6.93. The minimum Gasteiger partial charge on any atom is -0.325 e. The smallest absolute Gasteiger partial charge is 0.237 e. The van der Waals surface area contributed by atoms with Gasteiger partial charge in [-0.2, -0.15) is 0 Å². The van der Waals surface area contributed by atoms with Gasteiger partial charge >= 0.3 is 0 Å². The van der Waals surface area contributed by atoms with Crippen LogP contribution in [0.3, 0.4) is 0 Å². The molecule has 0 spiro atoms. The fourth-order valence-corrected chi connectivity index (χ4v) is 2.95. The highest BCUT2D eigenvalue weighted by Gasteiger charge is 2.17. The van der Waals surface area contributed by atoms with Gasteiger partial charge in [-0.3, -0.25) is 4.79 Å². The highest BCUT2D eigenvalue weighted by Crippen LogP contribution is 2.26. The van der Waals surface area contributed by atoms with Crippen molar-refractivity contribution in [1.29, 1.82) is 0 Å². The van der Waals surface area contributed by atoms with Crippen molar-refractivity contribution >= 4 is 46.6 Å². The molecule has 0 aliphatic rings. The first kappa shape index (κ1) is 17.1. The first-order valence-corrected chi connectivity index (χ1v) is 8.23. The molecule has 1 aromatic heterocycles. The van der Waals surface area contributed by atoms with E-state index in [0.717, 1.165) is 11.4 Å². The summed E-state index contributed by atoms with van der Waals surface area (Å²) in [7, 11) is 0. The van der Waals surface area contributed by atoms with Gasteiger partial charge in [0.25, 0.3) is 0 Å². The number of aromatic nitrogens is 2. The molecule has 0 unspecified atom stereocenters. The Kier molecular flexibility index (Phi) is 5.67. The van der Waals surface area contributed by atoms with Crippen LogP contribution in [0.15, 0.2) is 29.4 Å². The van der Waals surface area contributed by atoms with E-state index in [2.05, 4.69) is 15.3 Å². The predicted molar refractivity (Wildman–Crippen MR) is 91.9 cm³/mol. The van der Waals surface area contributed by atoms with Gasteiger partial charge in [-0.15, -0.1) is 0 Å². The predicted octanol–water partition coefficient (Wildman–Crippen LogP) is 4.52. The maximum atomic E-state index is 12.2. The Bertz CT molecular complexity index is 689. The third-order valence-electron chi connectivity index (χ3n) is 2.80. The average molecular weight is 356 g/mol. The highest BCUT2D eigenvalue weighted by atomic mass is 35.5. The number of amides is 1. The number of halogens is 2. The Balaban J connectivity index is 2.04. The van der Waals surface area contributed by atoms with Crippen LogP contribution in [-0.4, -0.2) is 21.1 Å². The van der Waals surface area contributed by atoms with Crippen molar-refractivity contribution in [3.63, 3.8) is 0 Å². The molecule has 0 radical (unpaired) electrons. The summed E-state index contributed by atoms with van der Waals surface area (Å²) in [5.41, 5.74) is 2.37. The van der Waals surface area contributed by atoms with E-state index in [0.29, 0.717) is 20.9 Å². The number of anilines is 1. The van der Waals surface area contributed by atoms with Gasteiger partial charge in [-0.05, 0) is 45.0 Å². The number of aryl methyl sites for hydroxylation is 2. The molecule has 1 amide bonds. The third-order valence-corrected chi connectivity index (χ3v) is 4.50. The first-order chi connectivity index (χ1) is 10.3. The van der Waals surface area contributed by atoms with Crippen molar-refractivity contribution in [2.45, 2.75) is 31.2 Å². The molecule has 22 heavy (non-hydrogen) atoms. The second-order valence-electron chi connectivity index (χ2n) is 4.81. The monoisotopic (exact) mass is 355 g/mol. The normalized spacial score (nSPS) is 12.0. The molecule has 1 heterocycles. The van der Waals surface area contributed by atoms with Gasteiger partial charge in [0, 0.05) is 17.1 Å². The molecule has 7 heteroatoms. The minimum absolute atomic E-state index is 0.147. The van der Waals surface area contributed by atoms with Gasteiger partial charge in [0.15, 0.2) is 5.16 Å². The maximum absolute atomic E-state index is 12.2. The number of nitrogens with one attached hydrogen (secondary N) is 1. The van der Waals surface area contributed by atoms with Crippen molar-refractivity contribution < 1.29 is 4.79 Å². The van der Waals surface area contributed by atoms with E-state index in [4.69, 9.17) is 23.2 Å². The van der Waals surface area contributed by atoms with Crippen LogP contribution in [0.1, 0.15) is 18.3 Å². The topological polar surface area (TPSA) is 54.9 Å². The number of thioether (sulfide) groups is 1. The molecule has 2 rings (SSSR count). The van der Waals surface area contributed by atoms with E-state index in [9.17, 15) is 4.79 Å². The molecule has 2 aromatic rings. The van der Waals surface area contributed by atoms with Gasteiger partial charge in [0.05, 0.1) is 15.3 Å². The molecule has 0 saturated carbocycles. The molecule has 0 saturated heterocycles. The second kappa shape index (κ2) is 7.31. The molecule has 0 aliphatic carbocycles. The van der Waals surface area contributed by atoms with Crippen LogP contribution in [0.25, 0.3) is 0 Å². The zero-order chi connectivity index (χ0) is 16.3. The summed E-state index contributed by atoms with van der Waals surface area (Å²) in [6.07, 6.45) is 0. The number of hydrogen-bond acceptors (Lipinski definition) is 4. The number of rotatable bonds is 4. The van der Waals surface area contributed by atoms with Crippen molar-refractivity contribution in [3.8, 4) is 0 Å². The number of nitrogens with zero attached hydrogens (tertiary/aromatic N) is 2. The van der Waals surface area contributed by atoms with Crippen molar-refractivity contribution in [2.75, 3.05) is 5.32 Å². The number of hydrogen-bond donors (Lipinski definition) is 1. The summed E-state index contributed by atoms with van der Waals surface area (Å²) in [5, 5.41) is 3.91. The van der Waals surface area contributed by atoms with Crippen molar-refractivity contribution in [3.05, 3.63) is 45.7 Å². The summed E-state index contributed by atoms with van der Waals surface area (Å²) < 4.78 is 0. The van der Waals surface area contributed by atoms with Crippen molar-refractivity contribution in [2.24, 2.45) is 0 Å². The lowest BCUT2D eigenvalue weighted by Crippen LogP contribution is -2.22. The molecule has 0 aliphatic heterocycles. The van der Waals surface area contributed by atoms with Crippen LogP contribution in [-0.2, 0) is 4.79 Å². The zero-order valence-corrected chi connectivity index (χ0v) is 14.7. The average Bonchev–Trinajstić information content (AvgIpc) is 2.41. The molecule has 1 aromatic carbocycles. The van der Waals surface area contributed by atoms with E-state index in [-0.39, 0.29) is 11.2 Å². The molecular formula is C15H15Cl2N3OS. The van der Waals surface area contributed by atoms with Gasteiger partial charge in [0.1, 0.15) is 0 Å². The van der Waals surface area contributed by atoms with E-state index in [1.54, 1.807) is 25.1 Å². The maximum Gasteiger partial charge on any atom is 0.237 e. The summed E-state index contributed by atoms with van der Waals surface area (Å²) in [6, 6.07) is 6.86. The van der Waals surface area contributed by atoms with Crippen LogP contribution in [0, 0.1) is 13.8 Å². The van der Waals surface area contributed by atoms with E-state index in [1.807, 2.05) is 19.9 Å². The standard InChI is InChI=1S/C15H15Cl2N3OS/c1-8-6-9(2)19-15(18-8)22-10(3)14(21)20-11-4-5-12(16)13(17)7-11/h4-7,10H,1-3H3,(H,20,21)/t10-/m1/s1. The lowest BCUT2D eigenvalue weighted by molar-refractivity contribution is -0.115. The Morgan fingerprint density at radius 3 is 2.36 bits per heavy atom. The number of benzene rings is 1. The summed E-state index contributed by atoms with van der Waals surface area (Å²) >= 11 is 13.1. The molecule has 1 atom stereocenters. The lowest BCUT2D eigenvalue weighted by atomic mass is 10.3. The van der Waals surface area contributed by atoms with Gasteiger partial charge in [-0.1, -0.05) is 35.0 Å². The van der Waals surface area contributed by atoms with E-state index in [1.165, 1.54) is 11.8 Å². The van der Waals surface area contributed by atoms with Crippen LogP contribution < -0.4 is 5.32 Å². The summed E-state index contributed by atoms with van der Waals surface area (Å²) in [5.74, 6) is -0.147. The fraction of sp³-hybridized carbons (Fsp3) is 0.267. The molecule has 0 bridgehead atoms. The Hall–Kier alpha value is -1.30. The lowest BCUT2D eigenvalue weighted by Gasteiger charge is -2.12. The Morgan fingerprint density at radius 1 is 1.14 bits per heavy atom. The molecule has 116 valence electrons. The van der Waals surface area contributed by atoms with Crippen LogP contribution in [0.2, 0.25) is 10.0 Å². The quantitative estimate of drug-likeness (QED) is 0.646. The zero-order valence-electron chi connectivity index (χ0n) is 12.4.